The molecule has 0 fully saturated rings. The van der Waals surface area contributed by atoms with Crippen LogP contribution in [-0.2, 0) is 28.1 Å². The molecule has 0 atom stereocenters. The van der Waals surface area contributed by atoms with Gasteiger partial charge < -0.3 is 14.7 Å². The van der Waals surface area contributed by atoms with Gasteiger partial charge in [-0.2, -0.15) is 0 Å². The van der Waals surface area contributed by atoms with Gasteiger partial charge >= 0.3 is 90.3 Å². The number of hydrogen-bond acceptors (Lipinski definition) is 3. The minimum absolute atomic E-state index is 0. The van der Waals surface area contributed by atoms with Crippen LogP contribution < -0.4 is 0 Å². The van der Waals surface area contributed by atoms with E-state index in [1.54, 1.807) is 0 Å². The first-order valence-electron chi connectivity index (χ1n) is 1.48. The van der Waals surface area contributed by atoms with Crippen molar-refractivity contribution in [2.24, 2.45) is 0 Å². The van der Waals surface area contributed by atoms with Crippen molar-refractivity contribution in [1.29, 1.82) is 0 Å². The predicted molar refractivity (Wildman–Crippen MR) is 27.2 cm³/mol. The van der Waals surface area contributed by atoms with Crippen molar-refractivity contribution in [3.63, 3.8) is 0 Å². The molecule has 0 saturated carbocycles. The Bertz CT molecular complexity index is 192. The second kappa shape index (κ2) is 7.37. The minimum atomic E-state index is -5.52. The fourth-order valence-electron chi connectivity index (χ4n) is 0. The SMILES string of the molecule is O=P(O)(O)O.[KH].[O]=[Mo](=[O])([OH])[OH]. The Hall–Kier alpha value is 1.95. The van der Waals surface area contributed by atoms with Crippen LogP contribution in [0, 0.1) is 0 Å². The van der Waals surface area contributed by atoms with E-state index in [0.717, 1.165) is 0 Å². The molecule has 11 heteroatoms. The molecule has 0 rings (SSSR count). The van der Waals surface area contributed by atoms with Crippen LogP contribution in [0.3, 0.4) is 0 Å². The summed E-state index contributed by atoms with van der Waals surface area (Å²) in [5.41, 5.74) is 0. The molecule has 0 saturated heterocycles. The molecule has 0 aromatic carbocycles. The molecule has 0 amide bonds. The Morgan fingerprint density at radius 2 is 1.00 bits per heavy atom. The molecule has 0 aromatic heterocycles. The third kappa shape index (κ3) is 310. The molecule has 0 aliphatic rings. The Morgan fingerprint density at radius 3 is 1.00 bits per heavy atom. The second-order valence-corrected chi connectivity index (χ2v) is 4.19. The first kappa shape index (κ1) is 18.7. The number of rotatable bonds is 0. The van der Waals surface area contributed by atoms with Gasteiger partial charge in [0.1, 0.15) is 0 Å². The zero-order valence-electron chi connectivity index (χ0n) is 4.32. The van der Waals surface area contributed by atoms with Gasteiger partial charge in [-0.3, -0.25) is 0 Å². The van der Waals surface area contributed by atoms with Gasteiger partial charge in [0.2, 0.25) is 0 Å². The molecule has 11 heavy (non-hydrogen) atoms. The van der Waals surface area contributed by atoms with E-state index in [1.807, 2.05) is 0 Å². The molecule has 0 heterocycles. The maximum atomic E-state index is 8.88. The summed E-state index contributed by atoms with van der Waals surface area (Å²) in [5, 5.41) is 0. The van der Waals surface area contributed by atoms with Gasteiger partial charge in [-0.1, -0.05) is 0 Å². The monoisotopic (exact) mass is 302 g/mol. The summed E-state index contributed by atoms with van der Waals surface area (Å²) >= 11 is -5.52. The summed E-state index contributed by atoms with van der Waals surface area (Å²) in [6, 6.07) is 0. The molecular weight excluding hydrogens is 294 g/mol. The van der Waals surface area contributed by atoms with E-state index in [4.69, 9.17) is 33.6 Å². The van der Waals surface area contributed by atoms with E-state index >= 15 is 0 Å². The molecule has 0 aromatic rings. The van der Waals surface area contributed by atoms with Crippen LogP contribution in [-0.4, -0.2) is 73.6 Å². The van der Waals surface area contributed by atoms with Crippen LogP contribution in [0.15, 0.2) is 0 Å². The molecular formula is H6KMoO8P. The van der Waals surface area contributed by atoms with Crippen molar-refractivity contribution in [3.05, 3.63) is 0 Å². The van der Waals surface area contributed by atoms with E-state index in [9.17, 15) is 0 Å². The molecule has 5 N–H and O–H groups in total. The average Bonchev–Trinajstić information content (AvgIpc) is 1.12. The molecule has 0 aliphatic heterocycles. The van der Waals surface area contributed by atoms with Crippen LogP contribution in [0.2, 0.25) is 0 Å². The number of phosphoric acid groups is 1. The van der Waals surface area contributed by atoms with Crippen molar-refractivity contribution in [2.45, 2.75) is 0 Å². The number of hydrogen-bond donors (Lipinski definition) is 5. The standard InChI is InChI=1S/K.Mo.H3O4P.2H2O.2O.H/c;;1-5(2,3)4;;;;;/h;;(H3,1,2,3,4);2*1H2;;;/q;+2;;;;;;/p-2. The van der Waals surface area contributed by atoms with Crippen molar-refractivity contribution < 1.29 is 50.3 Å². The molecule has 0 unspecified atom stereocenters. The first-order valence-corrected chi connectivity index (χ1v) is 6.48. The predicted octanol–water partition coefficient (Wildman–Crippen LogP) is -2.93. The molecule has 0 radical (unpaired) electrons. The van der Waals surface area contributed by atoms with Crippen molar-refractivity contribution in [3.8, 4) is 0 Å². The van der Waals surface area contributed by atoms with Crippen molar-refractivity contribution >= 4 is 59.2 Å². The summed E-state index contributed by atoms with van der Waals surface area (Å²) in [4.78, 5) is 21.6. The van der Waals surface area contributed by atoms with Crippen LogP contribution in [0.25, 0.3) is 0 Å². The average molecular weight is 300 g/mol. The summed E-state index contributed by atoms with van der Waals surface area (Å²) in [7, 11) is -4.64. The Balaban J connectivity index is -0.000000107. The molecule has 66 valence electrons. The third-order valence-electron chi connectivity index (χ3n) is 0. The molecule has 0 bridgehead atoms. The molecule has 0 aliphatic carbocycles. The second-order valence-electron chi connectivity index (χ2n) is 0.961. The normalized spacial score (nSPS) is 10.6. The van der Waals surface area contributed by atoms with Gasteiger partial charge in [-0.25, -0.2) is 4.57 Å². The fraction of sp³-hybridized carbons (Fsp3) is 0. The van der Waals surface area contributed by atoms with E-state index in [0.29, 0.717) is 0 Å². The summed E-state index contributed by atoms with van der Waals surface area (Å²) in [5.74, 6) is 0. The topological polar surface area (TPSA) is 152 Å². The maximum absolute atomic E-state index is 8.88. The summed E-state index contributed by atoms with van der Waals surface area (Å²) in [6.07, 6.45) is 0. The van der Waals surface area contributed by atoms with Crippen LogP contribution >= 0.6 is 7.82 Å². The zero-order valence-corrected chi connectivity index (χ0v) is 7.22. The molecule has 8 nitrogen and oxygen atoms in total. The first-order chi connectivity index (χ1) is 4.00. The zero-order chi connectivity index (χ0) is 9.00. The van der Waals surface area contributed by atoms with E-state index in [2.05, 4.69) is 0 Å². The fourth-order valence-corrected chi connectivity index (χ4v) is 0. The van der Waals surface area contributed by atoms with Crippen molar-refractivity contribution in [1.82, 2.24) is 0 Å². The van der Waals surface area contributed by atoms with E-state index < -0.39 is 24.6 Å². The molecule has 0 spiro atoms. The van der Waals surface area contributed by atoms with Crippen LogP contribution in [0.1, 0.15) is 0 Å². The van der Waals surface area contributed by atoms with Gasteiger partial charge in [0.15, 0.2) is 0 Å². The van der Waals surface area contributed by atoms with Gasteiger partial charge in [-0.05, 0) is 0 Å². The summed E-state index contributed by atoms with van der Waals surface area (Å²) < 4.78 is 40.9. The third-order valence-corrected chi connectivity index (χ3v) is 0. The quantitative estimate of drug-likeness (QED) is 0.235. The van der Waals surface area contributed by atoms with Crippen molar-refractivity contribution in [2.75, 3.05) is 0 Å². The van der Waals surface area contributed by atoms with Gasteiger partial charge in [0.05, 0.1) is 0 Å². The van der Waals surface area contributed by atoms with E-state index in [1.165, 1.54) is 0 Å². The van der Waals surface area contributed by atoms with Gasteiger partial charge in [-0.15, -0.1) is 0 Å². The Morgan fingerprint density at radius 1 is 1.00 bits per heavy atom. The van der Waals surface area contributed by atoms with Gasteiger partial charge in [0, 0.05) is 0 Å². The van der Waals surface area contributed by atoms with Crippen LogP contribution in [0.4, 0.5) is 0 Å². The van der Waals surface area contributed by atoms with E-state index in [-0.39, 0.29) is 51.4 Å². The Labute approximate surface area is 108 Å². The summed E-state index contributed by atoms with van der Waals surface area (Å²) in [6.45, 7) is 0. The Kier molecular flexibility index (Phi) is 12.5. The van der Waals surface area contributed by atoms with Gasteiger partial charge in [0.25, 0.3) is 0 Å². The van der Waals surface area contributed by atoms with Crippen LogP contribution in [0.5, 0.6) is 0 Å².